The van der Waals surface area contributed by atoms with Gasteiger partial charge in [-0.15, -0.1) is 0 Å². The Bertz CT molecular complexity index is 12.8. The van der Waals surface area contributed by atoms with E-state index in [0.717, 1.165) is 6.54 Å². The van der Waals surface area contributed by atoms with Gasteiger partial charge in [0.15, 0.2) is 0 Å². The van der Waals surface area contributed by atoms with Crippen LogP contribution in [0.3, 0.4) is 0 Å². The van der Waals surface area contributed by atoms with E-state index in [4.69, 9.17) is 0 Å². The van der Waals surface area contributed by atoms with Crippen LogP contribution in [0.15, 0.2) is 0 Å². The van der Waals surface area contributed by atoms with E-state index in [0.29, 0.717) is 0 Å². The van der Waals surface area contributed by atoms with E-state index in [2.05, 4.69) is 5.32 Å². The maximum atomic E-state index is 3.74. The predicted octanol–water partition coefficient (Wildman–Crippen LogP) is 1.01. The second-order valence-corrected chi connectivity index (χ2v) is 0.632. The molecule has 0 heterocycles. The molecule has 0 atom stereocenters. The average Bonchev–Trinajstić information content (AvgIpc) is 1.37. The van der Waals surface area contributed by atoms with Crippen LogP contribution in [0.1, 0.15) is 6.92 Å². The Balaban J connectivity index is -0.0000000450. The number of hydrogen-bond acceptors (Lipinski definition) is 0. The molecule has 1 nitrogen and oxygen atoms in total. The summed E-state index contributed by atoms with van der Waals surface area (Å²) in [6, 6.07) is 0. The zero-order valence-corrected chi connectivity index (χ0v) is 7.23. The molecular formula is C3H8NRuYb. The van der Waals surface area contributed by atoms with Crippen LogP contribution in [0.25, 0.3) is 5.32 Å². The molecule has 0 fully saturated rings. The van der Waals surface area contributed by atoms with Gasteiger partial charge in [-0.05, 0) is 0 Å². The molecule has 0 N–H and O–H groups in total. The molecule has 0 aliphatic rings. The molecule has 0 rings (SSSR count). The quantitative estimate of drug-likeness (QED) is 0.637. The normalized spacial score (nSPS) is 5.00. The fraction of sp³-hybridized carbons (Fsp3) is 1.00. The number of hydrogen-bond donors (Lipinski definition) is 0. The summed E-state index contributed by atoms with van der Waals surface area (Å²) in [4.78, 5) is 0. The van der Waals surface area contributed by atoms with E-state index in [1.54, 1.807) is 7.05 Å². The number of nitrogens with zero attached hydrogens (tertiary/aromatic N) is 1. The van der Waals surface area contributed by atoms with Gasteiger partial charge in [-0.1, -0.05) is 6.92 Å². The first-order valence-electron chi connectivity index (χ1n) is 1.47. The molecule has 0 aliphatic carbocycles. The summed E-state index contributed by atoms with van der Waals surface area (Å²) < 4.78 is 0. The second-order valence-electron chi connectivity index (χ2n) is 0.632. The largest absolute Gasteiger partial charge is 1.00 e. The Kier molecular flexibility index (Phi) is 41.1. The minimum absolute atomic E-state index is 0. The minimum atomic E-state index is 0. The maximum absolute atomic E-state index is 3.74. The van der Waals surface area contributed by atoms with Crippen LogP contribution >= 0.6 is 0 Å². The van der Waals surface area contributed by atoms with E-state index >= 15 is 0 Å². The third-order valence-electron chi connectivity index (χ3n) is 0.316. The van der Waals surface area contributed by atoms with Crippen molar-refractivity contribution in [2.75, 3.05) is 13.6 Å². The smallest absolute Gasteiger partial charge is 0.665 e. The third kappa shape index (κ3) is 16.5. The standard InChI is InChI=1S/C3H8N.Ru.Yb/c1-3-4-2;;/h3H2,1-2H3;;/q-1;+1;. The Hall–Kier alpha value is 2.10. The Morgan fingerprint density at radius 2 is 1.67 bits per heavy atom. The molecule has 0 aromatic heterocycles. The molecule has 0 aromatic carbocycles. The molecule has 3 heteroatoms. The summed E-state index contributed by atoms with van der Waals surface area (Å²) in [7, 11) is 1.81. The second kappa shape index (κ2) is 15.7. The van der Waals surface area contributed by atoms with Crippen molar-refractivity contribution in [1.29, 1.82) is 0 Å². The molecule has 0 bridgehead atoms. The van der Waals surface area contributed by atoms with E-state index in [9.17, 15) is 0 Å². The van der Waals surface area contributed by atoms with Crippen LogP contribution < -0.4 is 0 Å². The molecule has 6 heavy (non-hydrogen) atoms. The topological polar surface area (TPSA) is 14.1 Å². The van der Waals surface area contributed by atoms with Gasteiger partial charge in [-0.2, -0.15) is 13.6 Å². The van der Waals surface area contributed by atoms with Crippen molar-refractivity contribution < 1.29 is 66.4 Å². The zero-order valence-electron chi connectivity index (χ0n) is 3.78. The average molecular weight is 332 g/mol. The van der Waals surface area contributed by atoms with E-state index in [1.165, 1.54) is 0 Å². The minimum Gasteiger partial charge on any atom is -0.665 e. The molecule has 0 saturated carbocycles. The summed E-state index contributed by atoms with van der Waals surface area (Å²) in [6.07, 6.45) is 0. The van der Waals surface area contributed by atoms with Crippen molar-refractivity contribution >= 4 is 0 Å². The predicted molar refractivity (Wildman–Crippen MR) is 19.8 cm³/mol. The van der Waals surface area contributed by atoms with Crippen LogP contribution in [0.4, 0.5) is 0 Å². The van der Waals surface area contributed by atoms with Crippen LogP contribution in [0.2, 0.25) is 0 Å². The van der Waals surface area contributed by atoms with Crippen molar-refractivity contribution in [1.82, 2.24) is 0 Å². The van der Waals surface area contributed by atoms with E-state index < -0.39 is 0 Å². The molecule has 47 valence electrons. The van der Waals surface area contributed by atoms with Gasteiger partial charge in [0.2, 0.25) is 0 Å². The molecule has 0 aliphatic heterocycles. The van der Waals surface area contributed by atoms with Crippen molar-refractivity contribution in [2.24, 2.45) is 0 Å². The molecule has 1 radical (unpaired) electrons. The summed E-state index contributed by atoms with van der Waals surface area (Å²) >= 11 is 0. The zero-order chi connectivity index (χ0) is 3.41. The van der Waals surface area contributed by atoms with Gasteiger partial charge >= 0.3 is 19.5 Å². The van der Waals surface area contributed by atoms with Crippen molar-refractivity contribution in [2.45, 2.75) is 6.92 Å². The fourth-order valence-electron chi connectivity index (χ4n) is 0. The van der Waals surface area contributed by atoms with Gasteiger partial charge in [0.25, 0.3) is 0 Å². The number of rotatable bonds is 1. The SMILES string of the molecule is CC[N-]C.[Ru+].[Yb]. The van der Waals surface area contributed by atoms with Crippen molar-refractivity contribution in [3.8, 4) is 0 Å². The molecule has 0 unspecified atom stereocenters. The fourth-order valence-corrected chi connectivity index (χ4v) is 0. The van der Waals surface area contributed by atoms with Gasteiger partial charge in [0.1, 0.15) is 0 Å². The van der Waals surface area contributed by atoms with E-state index in [1.807, 2.05) is 6.92 Å². The van der Waals surface area contributed by atoms with Gasteiger partial charge < -0.3 is 5.32 Å². The van der Waals surface area contributed by atoms with Gasteiger partial charge in [-0.3, -0.25) is 0 Å². The van der Waals surface area contributed by atoms with Gasteiger partial charge in [-0.25, -0.2) is 0 Å². The first-order chi connectivity index (χ1) is 1.91. The molecule has 0 amide bonds. The Labute approximate surface area is 90.6 Å². The summed E-state index contributed by atoms with van der Waals surface area (Å²) in [5.41, 5.74) is 0. The van der Waals surface area contributed by atoms with E-state index in [-0.39, 0.29) is 66.4 Å². The third-order valence-corrected chi connectivity index (χ3v) is 0.316. The molecular weight excluding hydrogens is 324 g/mol. The molecule has 0 aromatic rings. The van der Waals surface area contributed by atoms with Crippen molar-refractivity contribution in [3.63, 3.8) is 0 Å². The summed E-state index contributed by atoms with van der Waals surface area (Å²) in [5, 5.41) is 3.74. The first-order valence-corrected chi connectivity index (χ1v) is 1.47. The first kappa shape index (κ1) is 15.7. The van der Waals surface area contributed by atoms with Crippen molar-refractivity contribution in [3.05, 3.63) is 5.32 Å². The molecule has 0 saturated heterocycles. The van der Waals surface area contributed by atoms with Gasteiger partial charge in [0, 0.05) is 46.9 Å². The van der Waals surface area contributed by atoms with Crippen LogP contribution in [0.5, 0.6) is 0 Å². The van der Waals surface area contributed by atoms with Gasteiger partial charge in [0.05, 0.1) is 0 Å². The van der Waals surface area contributed by atoms with Crippen LogP contribution in [-0.2, 0) is 19.5 Å². The summed E-state index contributed by atoms with van der Waals surface area (Å²) in [5.74, 6) is 0. The monoisotopic (exact) mass is 334 g/mol. The Morgan fingerprint density at radius 3 is 1.67 bits per heavy atom. The Morgan fingerprint density at radius 1 is 1.50 bits per heavy atom. The maximum Gasteiger partial charge on any atom is 1.00 e. The van der Waals surface area contributed by atoms with Crippen LogP contribution in [-0.4, -0.2) is 13.6 Å². The molecule has 0 spiro atoms. The summed E-state index contributed by atoms with van der Waals surface area (Å²) in [6.45, 7) is 2.96. The van der Waals surface area contributed by atoms with Crippen LogP contribution in [0, 0.1) is 46.9 Å².